The van der Waals surface area contributed by atoms with Gasteiger partial charge >= 0.3 is 0 Å². The molecule has 0 amide bonds. The molecule has 0 saturated heterocycles. The number of hydrogen-bond acceptors (Lipinski definition) is 6. The van der Waals surface area contributed by atoms with Crippen molar-refractivity contribution in [3.63, 3.8) is 0 Å². The number of aromatic nitrogens is 3. The highest BCUT2D eigenvalue weighted by atomic mass is 32.1. The maximum absolute atomic E-state index is 11.9. The Kier molecular flexibility index (Phi) is 3.21. The summed E-state index contributed by atoms with van der Waals surface area (Å²) in [5.74, 6) is 0.774. The van der Waals surface area contributed by atoms with Crippen LogP contribution in [-0.2, 0) is 6.54 Å². The fraction of sp³-hybridized carbons (Fsp3) is 0.154. The van der Waals surface area contributed by atoms with Gasteiger partial charge in [-0.2, -0.15) is 9.61 Å². The van der Waals surface area contributed by atoms with Crippen LogP contribution in [0.1, 0.15) is 5.69 Å². The van der Waals surface area contributed by atoms with Gasteiger partial charge in [-0.25, -0.2) is 4.98 Å². The summed E-state index contributed by atoms with van der Waals surface area (Å²) >= 11 is 1.35. The number of hydrogen-bond donors (Lipinski definition) is 1. The largest absolute Gasteiger partial charge is 0.497 e. The molecule has 0 bridgehead atoms. The standard InChI is InChI=1S/C13H12N4O2S/c1-19-10-4-2-8(3-5-10)12-16-17-11(18)6-9(7-14)15-13(17)20-12/h2-6H,7,14H2,1H3. The molecule has 6 nitrogen and oxygen atoms in total. The van der Waals surface area contributed by atoms with E-state index in [-0.39, 0.29) is 12.1 Å². The zero-order valence-electron chi connectivity index (χ0n) is 10.7. The van der Waals surface area contributed by atoms with E-state index >= 15 is 0 Å². The molecule has 2 heterocycles. The van der Waals surface area contributed by atoms with E-state index in [1.807, 2.05) is 24.3 Å². The van der Waals surface area contributed by atoms with Gasteiger partial charge in [-0.05, 0) is 24.3 Å². The molecule has 2 N–H and O–H groups in total. The Bertz CT molecular complexity index is 807. The van der Waals surface area contributed by atoms with Gasteiger partial charge in [0.1, 0.15) is 10.8 Å². The number of rotatable bonds is 3. The topological polar surface area (TPSA) is 82.5 Å². The second-order valence-corrected chi connectivity index (χ2v) is 5.08. The van der Waals surface area contributed by atoms with Crippen LogP contribution in [0.15, 0.2) is 35.1 Å². The first kappa shape index (κ1) is 12.8. The molecule has 0 radical (unpaired) electrons. The van der Waals surface area contributed by atoms with E-state index in [9.17, 15) is 4.79 Å². The van der Waals surface area contributed by atoms with E-state index in [2.05, 4.69) is 10.1 Å². The molecule has 102 valence electrons. The van der Waals surface area contributed by atoms with Gasteiger partial charge in [0.2, 0.25) is 4.96 Å². The Labute approximate surface area is 118 Å². The molecule has 7 heteroatoms. The quantitative estimate of drug-likeness (QED) is 0.785. The first-order chi connectivity index (χ1) is 9.71. The lowest BCUT2D eigenvalue weighted by molar-refractivity contribution is 0.415. The fourth-order valence-corrected chi connectivity index (χ4v) is 2.74. The predicted molar refractivity (Wildman–Crippen MR) is 77.0 cm³/mol. The summed E-state index contributed by atoms with van der Waals surface area (Å²) in [5, 5.41) is 5.02. The van der Waals surface area contributed by atoms with E-state index in [4.69, 9.17) is 10.5 Å². The van der Waals surface area contributed by atoms with Crippen LogP contribution in [0.25, 0.3) is 15.5 Å². The molecule has 0 aliphatic rings. The Morgan fingerprint density at radius 2 is 2.10 bits per heavy atom. The van der Waals surface area contributed by atoms with Crippen LogP contribution in [-0.4, -0.2) is 21.7 Å². The molecule has 0 saturated carbocycles. The molecule has 0 fully saturated rings. The minimum absolute atomic E-state index is 0.216. The van der Waals surface area contributed by atoms with Crippen LogP contribution in [0.4, 0.5) is 0 Å². The van der Waals surface area contributed by atoms with Crippen LogP contribution in [0.5, 0.6) is 5.75 Å². The summed E-state index contributed by atoms with van der Waals surface area (Å²) in [4.78, 5) is 16.7. The fourth-order valence-electron chi connectivity index (χ4n) is 1.81. The van der Waals surface area contributed by atoms with Crippen molar-refractivity contribution in [3.8, 4) is 16.3 Å². The monoisotopic (exact) mass is 288 g/mol. The van der Waals surface area contributed by atoms with Crippen molar-refractivity contribution in [1.29, 1.82) is 0 Å². The van der Waals surface area contributed by atoms with Gasteiger partial charge < -0.3 is 10.5 Å². The Morgan fingerprint density at radius 1 is 1.35 bits per heavy atom. The lowest BCUT2D eigenvalue weighted by Crippen LogP contribution is -2.16. The minimum Gasteiger partial charge on any atom is -0.497 e. The Morgan fingerprint density at radius 3 is 2.75 bits per heavy atom. The van der Waals surface area contributed by atoms with Gasteiger partial charge in [-0.15, -0.1) is 0 Å². The summed E-state index contributed by atoms with van der Waals surface area (Å²) in [6, 6.07) is 8.90. The zero-order chi connectivity index (χ0) is 14.1. The second kappa shape index (κ2) is 5.03. The number of nitrogens with zero attached hydrogens (tertiary/aromatic N) is 3. The Balaban J connectivity index is 2.12. The van der Waals surface area contributed by atoms with Crippen LogP contribution < -0.4 is 16.0 Å². The molecule has 0 aliphatic heterocycles. The highest BCUT2D eigenvalue weighted by Crippen LogP contribution is 2.25. The molecule has 3 aromatic rings. The number of nitrogens with two attached hydrogens (primary N) is 1. The van der Waals surface area contributed by atoms with Crippen molar-refractivity contribution in [1.82, 2.24) is 14.6 Å². The first-order valence-corrected chi connectivity index (χ1v) is 6.77. The third kappa shape index (κ3) is 2.17. The lowest BCUT2D eigenvalue weighted by Gasteiger charge is -1.99. The smallest absolute Gasteiger partial charge is 0.275 e. The summed E-state index contributed by atoms with van der Waals surface area (Å²) < 4.78 is 6.41. The van der Waals surface area contributed by atoms with Crippen molar-refractivity contribution in [2.24, 2.45) is 5.73 Å². The summed E-state index contributed by atoms with van der Waals surface area (Å²) in [6.07, 6.45) is 0. The van der Waals surface area contributed by atoms with Crippen molar-refractivity contribution >= 4 is 16.3 Å². The zero-order valence-corrected chi connectivity index (χ0v) is 11.6. The second-order valence-electron chi connectivity index (χ2n) is 4.12. The van der Waals surface area contributed by atoms with Crippen LogP contribution in [0.3, 0.4) is 0 Å². The maximum Gasteiger partial charge on any atom is 0.275 e. The van der Waals surface area contributed by atoms with Gasteiger partial charge in [0.15, 0.2) is 0 Å². The van der Waals surface area contributed by atoms with Crippen molar-refractivity contribution in [2.75, 3.05) is 7.11 Å². The Hall–Kier alpha value is -2.25. The van der Waals surface area contributed by atoms with Crippen LogP contribution in [0.2, 0.25) is 0 Å². The molecule has 0 spiro atoms. The van der Waals surface area contributed by atoms with Gasteiger partial charge in [0.05, 0.1) is 12.8 Å². The molecule has 0 atom stereocenters. The molecule has 2 aromatic heterocycles. The maximum atomic E-state index is 11.9. The molecule has 0 aliphatic carbocycles. The van der Waals surface area contributed by atoms with E-state index in [0.717, 1.165) is 16.3 Å². The first-order valence-electron chi connectivity index (χ1n) is 5.95. The van der Waals surface area contributed by atoms with Crippen molar-refractivity contribution < 1.29 is 4.74 Å². The molecular weight excluding hydrogens is 276 g/mol. The molecule has 1 aromatic carbocycles. The third-order valence-electron chi connectivity index (χ3n) is 2.84. The van der Waals surface area contributed by atoms with E-state index in [1.54, 1.807) is 7.11 Å². The summed E-state index contributed by atoms with van der Waals surface area (Å²) in [6.45, 7) is 0.238. The highest BCUT2D eigenvalue weighted by molar-refractivity contribution is 7.19. The summed E-state index contributed by atoms with van der Waals surface area (Å²) in [7, 11) is 1.62. The number of fused-ring (bicyclic) bond motifs is 1. The normalized spacial score (nSPS) is 10.9. The van der Waals surface area contributed by atoms with E-state index in [1.165, 1.54) is 21.9 Å². The third-order valence-corrected chi connectivity index (χ3v) is 3.80. The number of benzene rings is 1. The van der Waals surface area contributed by atoms with Crippen LogP contribution in [0, 0.1) is 0 Å². The number of ether oxygens (including phenoxy) is 1. The average Bonchev–Trinajstić information content (AvgIpc) is 2.92. The van der Waals surface area contributed by atoms with Crippen molar-refractivity contribution in [3.05, 3.63) is 46.4 Å². The molecule has 20 heavy (non-hydrogen) atoms. The molecule has 0 unspecified atom stereocenters. The molecular formula is C13H12N4O2S. The lowest BCUT2D eigenvalue weighted by atomic mass is 10.2. The SMILES string of the molecule is COc1ccc(-c2nn3c(=O)cc(CN)nc3s2)cc1. The van der Waals surface area contributed by atoms with Gasteiger partial charge in [0, 0.05) is 18.2 Å². The number of methoxy groups -OCH3 is 1. The van der Waals surface area contributed by atoms with Crippen molar-refractivity contribution in [2.45, 2.75) is 6.54 Å². The summed E-state index contributed by atoms with van der Waals surface area (Å²) in [5.41, 5.74) is 6.78. The van der Waals surface area contributed by atoms with E-state index < -0.39 is 0 Å². The van der Waals surface area contributed by atoms with Gasteiger partial charge in [-0.3, -0.25) is 4.79 Å². The van der Waals surface area contributed by atoms with Gasteiger partial charge in [0.25, 0.3) is 5.56 Å². The predicted octanol–water partition coefficient (Wildman–Crippen LogP) is 1.29. The minimum atomic E-state index is -0.216. The average molecular weight is 288 g/mol. The van der Waals surface area contributed by atoms with Crippen LogP contribution >= 0.6 is 11.3 Å². The van der Waals surface area contributed by atoms with Gasteiger partial charge in [-0.1, -0.05) is 11.3 Å². The highest BCUT2D eigenvalue weighted by Gasteiger charge is 2.10. The van der Waals surface area contributed by atoms with E-state index in [0.29, 0.717) is 10.7 Å². The molecule has 3 rings (SSSR count).